The van der Waals surface area contributed by atoms with E-state index in [1.807, 2.05) is 0 Å². The molecule has 0 aliphatic carbocycles. The van der Waals surface area contributed by atoms with Crippen LogP contribution in [-0.2, 0) is 13.0 Å². The first-order valence-electron chi connectivity index (χ1n) is 8.50. The maximum Gasteiger partial charge on any atom is 0.286 e. The summed E-state index contributed by atoms with van der Waals surface area (Å²) in [5.41, 5.74) is 0.636. The minimum atomic E-state index is -0.822. The predicted octanol–water partition coefficient (Wildman–Crippen LogP) is 2.35. The van der Waals surface area contributed by atoms with Gasteiger partial charge in [0.25, 0.3) is 5.56 Å². The van der Waals surface area contributed by atoms with Gasteiger partial charge in [-0.05, 0) is 17.7 Å². The second-order valence-electron chi connectivity index (χ2n) is 6.34. The molecule has 0 amide bonds. The van der Waals surface area contributed by atoms with Crippen molar-refractivity contribution >= 4 is 23.2 Å². The van der Waals surface area contributed by atoms with Gasteiger partial charge in [0.2, 0.25) is 5.89 Å². The first-order valence-corrected chi connectivity index (χ1v) is 9.26. The van der Waals surface area contributed by atoms with E-state index >= 15 is 0 Å². The van der Waals surface area contributed by atoms with Gasteiger partial charge >= 0.3 is 0 Å². The number of aliphatic hydroxyl groups excluding tert-OH is 2. The molecular weight excluding hydrogens is 407 g/mol. The van der Waals surface area contributed by atoms with Gasteiger partial charge < -0.3 is 14.7 Å². The van der Waals surface area contributed by atoms with Crippen LogP contribution in [0.25, 0.3) is 0 Å². The van der Waals surface area contributed by atoms with Crippen LogP contribution in [0.1, 0.15) is 41.8 Å². The van der Waals surface area contributed by atoms with Crippen molar-refractivity contribution in [1.29, 1.82) is 0 Å². The Balaban J connectivity index is 1.72. The Bertz CT molecular complexity index is 1000. The van der Waals surface area contributed by atoms with Crippen molar-refractivity contribution in [2.45, 2.75) is 31.9 Å². The lowest BCUT2D eigenvalue weighted by Crippen LogP contribution is -2.25. The third-order valence-electron chi connectivity index (χ3n) is 4.24. The van der Waals surface area contributed by atoms with Crippen LogP contribution >= 0.6 is 23.2 Å². The Morgan fingerprint density at radius 2 is 1.96 bits per heavy atom. The van der Waals surface area contributed by atoms with Crippen LogP contribution < -0.4 is 5.56 Å². The smallest absolute Gasteiger partial charge is 0.286 e. The highest BCUT2D eigenvalue weighted by Crippen LogP contribution is 2.21. The van der Waals surface area contributed by atoms with Gasteiger partial charge in [0.05, 0.1) is 12.3 Å². The Morgan fingerprint density at radius 1 is 1.25 bits per heavy atom. The lowest BCUT2D eigenvalue weighted by atomic mass is 10.1. The molecule has 2 atom stereocenters. The number of aromatic nitrogens is 4. The molecule has 28 heavy (non-hydrogen) atoms. The molecule has 0 fully saturated rings. The molecule has 148 valence electrons. The van der Waals surface area contributed by atoms with Crippen LogP contribution in [0.4, 0.5) is 0 Å². The van der Waals surface area contributed by atoms with E-state index in [-0.39, 0.29) is 36.4 Å². The van der Waals surface area contributed by atoms with Crippen LogP contribution in [0.5, 0.6) is 0 Å². The molecule has 3 aromatic rings. The lowest BCUT2D eigenvalue weighted by Gasteiger charge is -2.10. The number of nitrogens with zero attached hydrogens (tertiary/aromatic N) is 4. The Kier molecular flexibility index (Phi) is 6.46. The summed E-state index contributed by atoms with van der Waals surface area (Å²) < 4.78 is 6.24. The lowest BCUT2D eigenvalue weighted by molar-refractivity contribution is 0.174. The topological polar surface area (TPSA) is 114 Å². The summed E-state index contributed by atoms with van der Waals surface area (Å²) in [5.74, 6) is 0.153. The molecule has 0 aliphatic heterocycles. The molecular formula is C18H18Cl2N4O4. The van der Waals surface area contributed by atoms with Crippen molar-refractivity contribution in [1.82, 2.24) is 19.9 Å². The highest BCUT2D eigenvalue weighted by Gasteiger charge is 2.17. The van der Waals surface area contributed by atoms with E-state index in [9.17, 15) is 15.0 Å². The minimum absolute atomic E-state index is 0.00514. The highest BCUT2D eigenvalue weighted by atomic mass is 35.5. The van der Waals surface area contributed by atoms with E-state index in [1.165, 1.54) is 6.20 Å². The average Bonchev–Trinajstić information content (AvgIpc) is 3.12. The third-order valence-corrected chi connectivity index (χ3v) is 4.87. The van der Waals surface area contributed by atoms with Crippen LogP contribution in [0.3, 0.4) is 0 Å². The van der Waals surface area contributed by atoms with Gasteiger partial charge in [-0.3, -0.25) is 4.79 Å². The van der Waals surface area contributed by atoms with Crippen LogP contribution in [0.2, 0.25) is 10.0 Å². The third kappa shape index (κ3) is 4.59. The Morgan fingerprint density at radius 3 is 2.64 bits per heavy atom. The summed E-state index contributed by atoms with van der Waals surface area (Å²) in [6, 6.07) is 6.80. The summed E-state index contributed by atoms with van der Waals surface area (Å²) in [5, 5.41) is 27.9. The molecule has 10 heteroatoms. The molecule has 0 unspecified atom stereocenters. The van der Waals surface area contributed by atoms with E-state index in [4.69, 9.17) is 27.7 Å². The zero-order valence-electron chi connectivity index (χ0n) is 14.9. The molecule has 3 rings (SSSR count). The first kappa shape index (κ1) is 20.5. The number of halogens is 2. The number of hydrogen-bond donors (Lipinski definition) is 2. The summed E-state index contributed by atoms with van der Waals surface area (Å²) in [4.78, 5) is 16.5. The molecule has 0 saturated heterocycles. The molecule has 0 saturated carbocycles. The van der Waals surface area contributed by atoms with E-state index in [0.717, 1.165) is 4.68 Å². The van der Waals surface area contributed by atoms with Crippen molar-refractivity contribution in [3.05, 3.63) is 73.7 Å². The highest BCUT2D eigenvalue weighted by molar-refractivity contribution is 6.31. The average molecular weight is 425 g/mol. The fourth-order valence-corrected chi connectivity index (χ4v) is 3.03. The summed E-state index contributed by atoms with van der Waals surface area (Å²) in [7, 11) is 0. The van der Waals surface area contributed by atoms with E-state index < -0.39 is 11.7 Å². The normalized spacial score (nSPS) is 13.5. The Hall–Kier alpha value is -2.26. The molecule has 2 aromatic heterocycles. The Labute approximate surface area is 170 Å². The van der Waals surface area contributed by atoms with Gasteiger partial charge in [-0.15, -0.1) is 0 Å². The van der Waals surface area contributed by atoms with E-state index in [0.29, 0.717) is 22.0 Å². The fraction of sp³-hybridized carbons (Fsp3) is 0.333. The van der Waals surface area contributed by atoms with Crippen molar-refractivity contribution in [3.63, 3.8) is 0 Å². The molecule has 0 radical (unpaired) electrons. The molecule has 1 aromatic carbocycles. The van der Waals surface area contributed by atoms with Gasteiger partial charge in [-0.25, -0.2) is 4.68 Å². The monoisotopic (exact) mass is 424 g/mol. The summed E-state index contributed by atoms with van der Waals surface area (Å²) in [6.45, 7) is 1.53. The molecule has 0 spiro atoms. The van der Waals surface area contributed by atoms with Gasteiger partial charge in [0.15, 0.2) is 5.82 Å². The second kappa shape index (κ2) is 8.83. The van der Waals surface area contributed by atoms with Crippen molar-refractivity contribution in [2.75, 3.05) is 6.61 Å². The van der Waals surface area contributed by atoms with E-state index in [2.05, 4.69) is 15.2 Å². The molecule has 8 nitrogen and oxygen atoms in total. The van der Waals surface area contributed by atoms with Gasteiger partial charge in [0.1, 0.15) is 11.6 Å². The second-order valence-corrected chi connectivity index (χ2v) is 7.15. The standard InChI is InChI=1S/C18H18Cl2N4O4/c1-10(9-25)13-7-21-24(18(27)17(13)20)8-16-22-15(23-28-16)6-14(26)11-2-4-12(19)5-3-11/h2-5,7,10,14,25-26H,6,8-9H2,1H3/t10-,14+/m1/s1. The SMILES string of the molecule is C[C@H](CO)c1cnn(Cc2nc(C[C@H](O)c3ccc(Cl)cc3)no2)c(=O)c1Cl. The molecule has 0 bridgehead atoms. The summed E-state index contributed by atoms with van der Waals surface area (Å²) >= 11 is 11.9. The number of hydrogen-bond acceptors (Lipinski definition) is 7. The predicted molar refractivity (Wildman–Crippen MR) is 103 cm³/mol. The first-order chi connectivity index (χ1) is 13.4. The van der Waals surface area contributed by atoms with Gasteiger partial charge in [0, 0.05) is 29.5 Å². The fourth-order valence-electron chi connectivity index (χ4n) is 2.57. The maximum absolute atomic E-state index is 12.4. The quantitative estimate of drug-likeness (QED) is 0.597. The van der Waals surface area contributed by atoms with Crippen molar-refractivity contribution in [3.8, 4) is 0 Å². The molecule has 2 N–H and O–H groups in total. The van der Waals surface area contributed by atoms with Crippen molar-refractivity contribution < 1.29 is 14.7 Å². The minimum Gasteiger partial charge on any atom is -0.396 e. The van der Waals surface area contributed by atoms with Crippen LogP contribution in [0, 0.1) is 0 Å². The van der Waals surface area contributed by atoms with Crippen LogP contribution in [-0.4, -0.2) is 36.7 Å². The number of rotatable bonds is 7. The van der Waals surface area contributed by atoms with Gasteiger partial charge in [-0.2, -0.15) is 10.1 Å². The maximum atomic E-state index is 12.4. The van der Waals surface area contributed by atoms with E-state index in [1.54, 1.807) is 31.2 Å². The van der Waals surface area contributed by atoms with Crippen LogP contribution in [0.15, 0.2) is 39.8 Å². The molecule has 2 heterocycles. The van der Waals surface area contributed by atoms with Crippen molar-refractivity contribution in [2.24, 2.45) is 0 Å². The largest absolute Gasteiger partial charge is 0.396 e. The zero-order valence-corrected chi connectivity index (χ0v) is 16.4. The number of benzene rings is 1. The van der Waals surface area contributed by atoms with Gasteiger partial charge in [-0.1, -0.05) is 47.4 Å². The zero-order chi connectivity index (χ0) is 20.3. The molecule has 0 aliphatic rings. The summed E-state index contributed by atoms with van der Waals surface area (Å²) in [6.07, 6.45) is 0.755. The number of aliphatic hydroxyl groups is 2.